The van der Waals surface area contributed by atoms with Crippen LogP contribution in [0.2, 0.25) is 0 Å². The predicted octanol–water partition coefficient (Wildman–Crippen LogP) is -0.683. The van der Waals surface area contributed by atoms with Gasteiger partial charge in [-0.2, -0.15) is 0 Å². The number of aliphatic hydroxyl groups is 1. The molecule has 3 N–H and O–H groups in total. The molecule has 1 rings (SSSR count). The number of likely N-dealkylation sites (tertiary alicyclic amines) is 1. The van der Waals surface area contributed by atoms with Crippen molar-refractivity contribution in [3.05, 3.63) is 0 Å². The molecular formula is C5H12N2O. The Morgan fingerprint density at radius 3 is 2.75 bits per heavy atom. The van der Waals surface area contributed by atoms with Crippen LogP contribution in [0.25, 0.3) is 0 Å². The maximum atomic E-state index is 9.03. The highest BCUT2D eigenvalue weighted by molar-refractivity contribution is 4.67. The van der Waals surface area contributed by atoms with Gasteiger partial charge in [-0.15, -0.1) is 0 Å². The molecule has 1 aliphatic rings. The highest BCUT2D eigenvalue weighted by Gasteiger charge is 2.19. The molecule has 1 unspecified atom stereocenters. The average Bonchev–Trinajstić information content (AvgIpc) is 2.14. The molecule has 1 fully saturated rings. The molecule has 0 bridgehead atoms. The van der Waals surface area contributed by atoms with Gasteiger partial charge in [0.1, 0.15) is 6.23 Å². The minimum atomic E-state index is -0.264. The van der Waals surface area contributed by atoms with Gasteiger partial charge in [0.2, 0.25) is 0 Å². The first-order valence-electron chi connectivity index (χ1n) is 2.97. The fraction of sp³-hybridized carbons (Fsp3) is 1.00. The van der Waals surface area contributed by atoms with Crippen molar-refractivity contribution >= 4 is 0 Å². The van der Waals surface area contributed by atoms with Crippen LogP contribution in [0.1, 0.15) is 12.8 Å². The third-order valence-corrected chi connectivity index (χ3v) is 1.56. The lowest BCUT2D eigenvalue weighted by Gasteiger charge is -2.15. The molecule has 1 heterocycles. The molecule has 0 aromatic heterocycles. The Kier molecular flexibility index (Phi) is 1.83. The summed E-state index contributed by atoms with van der Waals surface area (Å²) in [6, 6.07) is 0. The minimum absolute atomic E-state index is 0.264. The van der Waals surface area contributed by atoms with Gasteiger partial charge < -0.3 is 10.8 Å². The average molecular weight is 116 g/mol. The van der Waals surface area contributed by atoms with Crippen LogP contribution in [0.5, 0.6) is 0 Å². The Balaban J connectivity index is 2.30. The largest absolute Gasteiger partial charge is 0.378 e. The maximum absolute atomic E-state index is 9.03. The minimum Gasteiger partial charge on any atom is -0.378 e. The highest BCUT2D eigenvalue weighted by Crippen LogP contribution is 2.11. The zero-order valence-electron chi connectivity index (χ0n) is 4.88. The second kappa shape index (κ2) is 2.44. The first-order chi connectivity index (χ1) is 3.84. The lowest BCUT2D eigenvalue weighted by molar-refractivity contribution is 0.0402. The van der Waals surface area contributed by atoms with Crippen LogP contribution in [0.4, 0.5) is 0 Å². The van der Waals surface area contributed by atoms with Crippen LogP contribution in [0, 0.1) is 0 Å². The SMILES string of the molecule is NCN1CCCC1O. The third-order valence-electron chi connectivity index (χ3n) is 1.56. The number of rotatable bonds is 1. The van der Waals surface area contributed by atoms with Crippen molar-refractivity contribution in [3.63, 3.8) is 0 Å². The van der Waals surface area contributed by atoms with Gasteiger partial charge in [-0.05, 0) is 12.8 Å². The highest BCUT2D eigenvalue weighted by atomic mass is 16.3. The van der Waals surface area contributed by atoms with E-state index in [4.69, 9.17) is 10.8 Å². The Hall–Kier alpha value is -0.120. The zero-order chi connectivity index (χ0) is 5.98. The van der Waals surface area contributed by atoms with E-state index in [9.17, 15) is 0 Å². The number of hydrogen-bond donors (Lipinski definition) is 2. The maximum Gasteiger partial charge on any atom is 0.108 e. The van der Waals surface area contributed by atoms with Crippen LogP contribution in [-0.2, 0) is 0 Å². The molecule has 1 atom stereocenters. The van der Waals surface area contributed by atoms with Crippen molar-refractivity contribution in [2.45, 2.75) is 19.1 Å². The first kappa shape index (κ1) is 6.01. The van der Waals surface area contributed by atoms with Crippen molar-refractivity contribution in [2.24, 2.45) is 5.73 Å². The van der Waals surface area contributed by atoms with E-state index >= 15 is 0 Å². The zero-order valence-corrected chi connectivity index (χ0v) is 4.88. The molecule has 3 heteroatoms. The Morgan fingerprint density at radius 1 is 1.75 bits per heavy atom. The quantitative estimate of drug-likeness (QED) is 0.477. The van der Waals surface area contributed by atoms with Crippen molar-refractivity contribution in [1.82, 2.24) is 4.90 Å². The number of hydrogen-bond acceptors (Lipinski definition) is 3. The third kappa shape index (κ3) is 0.992. The van der Waals surface area contributed by atoms with E-state index in [1.54, 1.807) is 0 Å². The van der Waals surface area contributed by atoms with E-state index in [0.717, 1.165) is 19.4 Å². The van der Waals surface area contributed by atoms with Gasteiger partial charge in [-0.25, -0.2) is 0 Å². The summed E-state index contributed by atoms with van der Waals surface area (Å²) < 4.78 is 0. The Bertz CT molecular complexity index is 76.8. The molecule has 3 nitrogen and oxygen atoms in total. The molecule has 8 heavy (non-hydrogen) atoms. The molecule has 0 saturated carbocycles. The van der Waals surface area contributed by atoms with Crippen LogP contribution < -0.4 is 5.73 Å². The lowest BCUT2D eigenvalue weighted by Crippen LogP contribution is -2.34. The second-order valence-electron chi connectivity index (χ2n) is 2.12. The van der Waals surface area contributed by atoms with Gasteiger partial charge in [0.15, 0.2) is 0 Å². The fourth-order valence-electron chi connectivity index (χ4n) is 1.02. The van der Waals surface area contributed by atoms with Crippen molar-refractivity contribution in [2.75, 3.05) is 13.2 Å². The summed E-state index contributed by atoms with van der Waals surface area (Å²) in [6.07, 6.45) is 1.70. The summed E-state index contributed by atoms with van der Waals surface area (Å²) in [7, 11) is 0. The van der Waals surface area contributed by atoms with Crippen molar-refractivity contribution in [3.8, 4) is 0 Å². The van der Waals surface area contributed by atoms with Gasteiger partial charge in [-0.1, -0.05) is 0 Å². The molecule has 0 aromatic rings. The smallest absolute Gasteiger partial charge is 0.108 e. The van der Waals surface area contributed by atoms with E-state index in [0.29, 0.717) is 6.67 Å². The molecule has 0 spiro atoms. The van der Waals surface area contributed by atoms with Gasteiger partial charge in [0.25, 0.3) is 0 Å². The van der Waals surface area contributed by atoms with Gasteiger partial charge in [0.05, 0.1) is 0 Å². The molecular weight excluding hydrogens is 104 g/mol. The monoisotopic (exact) mass is 116 g/mol. The fourth-order valence-corrected chi connectivity index (χ4v) is 1.02. The van der Waals surface area contributed by atoms with Gasteiger partial charge in [0, 0.05) is 13.2 Å². The topological polar surface area (TPSA) is 49.5 Å². The molecule has 0 aliphatic carbocycles. The molecule has 0 aromatic carbocycles. The summed E-state index contributed by atoms with van der Waals surface area (Å²) in [4.78, 5) is 1.86. The number of nitrogens with two attached hydrogens (primary N) is 1. The summed E-state index contributed by atoms with van der Waals surface area (Å²) in [5, 5.41) is 9.03. The molecule has 1 aliphatic heterocycles. The van der Waals surface area contributed by atoms with E-state index in [2.05, 4.69) is 0 Å². The molecule has 0 radical (unpaired) electrons. The van der Waals surface area contributed by atoms with E-state index in [1.165, 1.54) is 0 Å². The normalized spacial score (nSPS) is 31.5. The first-order valence-corrected chi connectivity index (χ1v) is 2.97. The van der Waals surface area contributed by atoms with Crippen LogP contribution in [-0.4, -0.2) is 29.4 Å². The van der Waals surface area contributed by atoms with E-state index in [-0.39, 0.29) is 6.23 Å². The van der Waals surface area contributed by atoms with Crippen molar-refractivity contribution < 1.29 is 5.11 Å². The second-order valence-corrected chi connectivity index (χ2v) is 2.12. The summed E-state index contributed by atoms with van der Waals surface area (Å²) in [5.41, 5.74) is 5.29. The van der Waals surface area contributed by atoms with Crippen LogP contribution >= 0.6 is 0 Å². The molecule has 1 saturated heterocycles. The van der Waals surface area contributed by atoms with Gasteiger partial charge in [-0.3, -0.25) is 4.90 Å². The van der Waals surface area contributed by atoms with Crippen molar-refractivity contribution in [1.29, 1.82) is 0 Å². The number of nitrogens with zero attached hydrogens (tertiary/aromatic N) is 1. The van der Waals surface area contributed by atoms with Gasteiger partial charge >= 0.3 is 0 Å². The Morgan fingerprint density at radius 2 is 2.50 bits per heavy atom. The lowest BCUT2D eigenvalue weighted by atomic mass is 10.4. The summed E-state index contributed by atoms with van der Waals surface area (Å²) >= 11 is 0. The molecule has 0 amide bonds. The van der Waals surface area contributed by atoms with Crippen LogP contribution in [0.15, 0.2) is 0 Å². The predicted molar refractivity (Wildman–Crippen MR) is 31.0 cm³/mol. The van der Waals surface area contributed by atoms with E-state index in [1.807, 2.05) is 4.90 Å². The Labute approximate surface area is 49.1 Å². The summed E-state index contributed by atoms with van der Waals surface area (Å²) in [5.74, 6) is 0. The molecule has 48 valence electrons. The number of aliphatic hydroxyl groups excluding tert-OH is 1. The van der Waals surface area contributed by atoms with Crippen LogP contribution in [0.3, 0.4) is 0 Å². The summed E-state index contributed by atoms with van der Waals surface area (Å²) in [6.45, 7) is 1.44. The standard InChI is InChI=1S/C5H12N2O/c6-4-7-3-1-2-5(7)8/h5,8H,1-4,6H2. The van der Waals surface area contributed by atoms with E-state index < -0.39 is 0 Å².